The van der Waals surface area contributed by atoms with Gasteiger partial charge in [-0.15, -0.1) is 0 Å². The van der Waals surface area contributed by atoms with E-state index in [1.54, 1.807) is 12.1 Å². The number of hydrogen-bond acceptors (Lipinski definition) is 7. The largest absolute Gasteiger partial charge is 0.379 e. The number of anilines is 2. The number of amides is 2. The predicted molar refractivity (Wildman–Crippen MR) is 148 cm³/mol. The van der Waals surface area contributed by atoms with Crippen LogP contribution < -0.4 is 15.5 Å². The van der Waals surface area contributed by atoms with E-state index in [-0.39, 0.29) is 17.2 Å². The summed E-state index contributed by atoms with van der Waals surface area (Å²) in [6, 6.07) is 19.1. The van der Waals surface area contributed by atoms with Gasteiger partial charge in [-0.2, -0.15) is 0 Å². The highest BCUT2D eigenvalue weighted by Gasteiger charge is 2.22. The summed E-state index contributed by atoms with van der Waals surface area (Å²) in [5.74, 6) is -0.619. The standard InChI is InChI=1S/C29H31N5O5/c35-28(22-5-8-25(9-6-22)34(37)38)31-24-7-10-27(33-13-11-21-3-1-2-4-23(21)20-33)26(19-24)29(36)30-12-14-32-15-17-39-18-16-32/h1-10,19H,11-18,20H2,(H,30,36)(H,31,35). The first-order valence-electron chi connectivity index (χ1n) is 13.1. The van der Waals surface area contributed by atoms with E-state index in [9.17, 15) is 19.7 Å². The minimum absolute atomic E-state index is 0.0879. The summed E-state index contributed by atoms with van der Waals surface area (Å²) in [6.45, 7) is 5.80. The number of nitro groups is 1. The van der Waals surface area contributed by atoms with E-state index in [1.165, 1.54) is 35.4 Å². The van der Waals surface area contributed by atoms with Gasteiger partial charge >= 0.3 is 0 Å². The third-order valence-corrected chi connectivity index (χ3v) is 7.13. The molecule has 0 bridgehead atoms. The lowest BCUT2D eigenvalue weighted by Gasteiger charge is -2.32. The van der Waals surface area contributed by atoms with Crippen molar-refractivity contribution in [1.82, 2.24) is 10.2 Å². The topological polar surface area (TPSA) is 117 Å². The summed E-state index contributed by atoms with van der Waals surface area (Å²) >= 11 is 0. The second-order valence-electron chi connectivity index (χ2n) is 9.64. The van der Waals surface area contributed by atoms with Gasteiger partial charge < -0.3 is 20.3 Å². The summed E-state index contributed by atoms with van der Waals surface area (Å²) in [7, 11) is 0. The number of carbonyl (C=O) groups is 2. The lowest BCUT2D eigenvalue weighted by atomic mass is 9.98. The Hall–Kier alpha value is -4.28. The molecule has 202 valence electrons. The number of benzene rings is 3. The van der Waals surface area contributed by atoms with Gasteiger partial charge in [-0.3, -0.25) is 24.6 Å². The molecular formula is C29H31N5O5. The third kappa shape index (κ3) is 6.42. The van der Waals surface area contributed by atoms with E-state index in [0.29, 0.717) is 37.6 Å². The molecule has 10 nitrogen and oxygen atoms in total. The third-order valence-electron chi connectivity index (χ3n) is 7.13. The average Bonchev–Trinajstić information content (AvgIpc) is 2.97. The number of rotatable bonds is 8. The molecule has 10 heteroatoms. The number of fused-ring (bicyclic) bond motifs is 1. The van der Waals surface area contributed by atoms with Gasteiger partial charge in [0.05, 0.1) is 23.7 Å². The van der Waals surface area contributed by atoms with Crippen LogP contribution in [0.4, 0.5) is 17.1 Å². The van der Waals surface area contributed by atoms with Crippen LogP contribution in [0.15, 0.2) is 66.7 Å². The zero-order valence-corrected chi connectivity index (χ0v) is 21.6. The molecule has 5 rings (SSSR count). The van der Waals surface area contributed by atoms with Crippen molar-refractivity contribution in [3.8, 4) is 0 Å². The van der Waals surface area contributed by atoms with E-state index >= 15 is 0 Å². The second kappa shape index (κ2) is 12.1. The fourth-order valence-corrected chi connectivity index (χ4v) is 4.96. The van der Waals surface area contributed by atoms with Gasteiger partial charge in [0.2, 0.25) is 0 Å². The van der Waals surface area contributed by atoms with Crippen LogP contribution in [0.1, 0.15) is 31.8 Å². The van der Waals surface area contributed by atoms with E-state index in [4.69, 9.17) is 4.74 Å². The van der Waals surface area contributed by atoms with Crippen molar-refractivity contribution in [2.75, 3.05) is 56.2 Å². The number of nitro benzene ring substituents is 1. The van der Waals surface area contributed by atoms with E-state index < -0.39 is 10.8 Å². The Labute approximate surface area is 226 Å². The molecule has 39 heavy (non-hydrogen) atoms. The second-order valence-corrected chi connectivity index (χ2v) is 9.64. The summed E-state index contributed by atoms with van der Waals surface area (Å²) in [4.78, 5) is 41.2. The van der Waals surface area contributed by atoms with Crippen molar-refractivity contribution >= 4 is 28.9 Å². The van der Waals surface area contributed by atoms with Crippen LogP contribution in [0, 0.1) is 10.1 Å². The average molecular weight is 530 g/mol. The highest BCUT2D eigenvalue weighted by molar-refractivity contribution is 6.06. The van der Waals surface area contributed by atoms with Crippen molar-refractivity contribution in [3.63, 3.8) is 0 Å². The van der Waals surface area contributed by atoms with Crippen molar-refractivity contribution in [2.24, 2.45) is 0 Å². The van der Waals surface area contributed by atoms with Crippen LogP contribution in [0.3, 0.4) is 0 Å². The van der Waals surface area contributed by atoms with Gasteiger partial charge in [0, 0.05) is 68.3 Å². The van der Waals surface area contributed by atoms with Crippen molar-refractivity contribution < 1.29 is 19.2 Å². The van der Waals surface area contributed by atoms with Gasteiger partial charge in [0.1, 0.15) is 0 Å². The molecule has 2 amide bonds. The molecule has 0 radical (unpaired) electrons. The summed E-state index contributed by atoms with van der Waals surface area (Å²) < 4.78 is 5.40. The molecule has 2 aliphatic rings. The van der Waals surface area contributed by atoms with Gasteiger partial charge in [-0.25, -0.2) is 0 Å². The van der Waals surface area contributed by atoms with Gasteiger partial charge in [-0.1, -0.05) is 24.3 Å². The number of morpholine rings is 1. The molecule has 0 saturated carbocycles. The lowest BCUT2D eigenvalue weighted by Crippen LogP contribution is -2.41. The molecule has 1 saturated heterocycles. The van der Waals surface area contributed by atoms with Crippen LogP contribution in [-0.4, -0.2) is 67.6 Å². The molecule has 2 aliphatic heterocycles. The number of carbonyl (C=O) groups excluding carboxylic acids is 2. The zero-order chi connectivity index (χ0) is 27.2. The predicted octanol–water partition coefficient (Wildman–Crippen LogP) is 3.47. The molecule has 2 heterocycles. The molecule has 0 aliphatic carbocycles. The quantitative estimate of drug-likeness (QED) is 0.339. The highest BCUT2D eigenvalue weighted by atomic mass is 16.6. The Balaban J connectivity index is 1.35. The number of hydrogen-bond donors (Lipinski definition) is 2. The molecule has 0 atom stereocenters. The molecule has 3 aromatic carbocycles. The minimum atomic E-state index is -0.511. The minimum Gasteiger partial charge on any atom is -0.379 e. The number of nitrogens with one attached hydrogen (secondary N) is 2. The van der Waals surface area contributed by atoms with Crippen LogP contribution in [0.2, 0.25) is 0 Å². The Morgan fingerprint density at radius 3 is 2.41 bits per heavy atom. The van der Waals surface area contributed by atoms with Gasteiger partial charge in [0.15, 0.2) is 0 Å². The van der Waals surface area contributed by atoms with Gasteiger partial charge in [0.25, 0.3) is 17.5 Å². The molecule has 1 fully saturated rings. The molecular weight excluding hydrogens is 498 g/mol. The van der Waals surface area contributed by atoms with Crippen molar-refractivity contribution in [3.05, 3.63) is 99.1 Å². The Bertz CT molecular complexity index is 1350. The number of nitrogens with zero attached hydrogens (tertiary/aromatic N) is 3. The fourth-order valence-electron chi connectivity index (χ4n) is 4.96. The van der Waals surface area contributed by atoms with Crippen molar-refractivity contribution in [2.45, 2.75) is 13.0 Å². The normalized spacial score (nSPS) is 15.3. The van der Waals surface area contributed by atoms with Crippen molar-refractivity contribution in [1.29, 1.82) is 0 Å². The van der Waals surface area contributed by atoms with Crippen LogP contribution >= 0.6 is 0 Å². The molecule has 0 spiro atoms. The zero-order valence-electron chi connectivity index (χ0n) is 21.6. The maximum absolute atomic E-state index is 13.4. The van der Waals surface area contributed by atoms with E-state index in [0.717, 1.165) is 38.3 Å². The highest BCUT2D eigenvalue weighted by Crippen LogP contribution is 2.30. The van der Waals surface area contributed by atoms with E-state index in [1.807, 2.05) is 18.2 Å². The lowest BCUT2D eigenvalue weighted by molar-refractivity contribution is -0.384. The first-order chi connectivity index (χ1) is 19.0. The van der Waals surface area contributed by atoms with E-state index in [2.05, 4.69) is 32.6 Å². The summed E-state index contributed by atoms with van der Waals surface area (Å²) in [5, 5.41) is 16.8. The van der Waals surface area contributed by atoms with Crippen LogP contribution in [0.5, 0.6) is 0 Å². The SMILES string of the molecule is O=C(Nc1ccc(N2CCc3ccccc3C2)c(C(=O)NCCN2CCOCC2)c1)c1ccc([N+](=O)[O-])cc1. The van der Waals surface area contributed by atoms with Crippen LogP contribution in [-0.2, 0) is 17.7 Å². The molecule has 0 unspecified atom stereocenters. The van der Waals surface area contributed by atoms with Crippen LogP contribution in [0.25, 0.3) is 0 Å². The monoisotopic (exact) mass is 529 g/mol. The number of non-ortho nitro benzene ring substituents is 1. The molecule has 0 aromatic heterocycles. The summed E-state index contributed by atoms with van der Waals surface area (Å²) in [6.07, 6.45) is 0.882. The summed E-state index contributed by atoms with van der Waals surface area (Å²) in [5.41, 5.74) is 4.51. The Kier molecular flexibility index (Phi) is 8.14. The molecule has 2 N–H and O–H groups in total. The Morgan fingerprint density at radius 1 is 0.923 bits per heavy atom. The first-order valence-corrected chi connectivity index (χ1v) is 13.1. The Morgan fingerprint density at radius 2 is 1.67 bits per heavy atom. The maximum atomic E-state index is 13.4. The maximum Gasteiger partial charge on any atom is 0.269 e. The molecule has 3 aromatic rings. The first kappa shape index (κ1) is 26.3. The fraction of sp³-hybridized carbons (Fsp3) is 0.310. The smallest absolute Gasteiger partial charge is 0.269 e. The van der Waals surface area contributed by atoms with Gasteiger partial charge in [-0.05, 0) is 47.9 Å². The number of ether oxygens (including phenoxy) is 1.